The summed E-state index contributed by atoms with van der Waals surface area (Å²) in [6.45, 7) is 2.12. The second-order valence-corrected chi connectivity index (χ2v) is 2.66. The Hall–Kier alpha value is -0.456. The summed E-state index contributed by atoms with van der Waals surface area (Å²) in [6.07, 6.45) is 0. The van der Waals surface area contributed by atoms with Crippen molar-refractivity contribution in [1.82, 2.24) is 0 Å². The molecule has 0 saturated heterocycles. The zero-order valence-corrected chi connectivity index (χ0v) is 8.03. The molecule has 0 atom stereocenters. The second kappa shape index (κ2) is 3.29. The molecule has 0 nitrogen and oxygen atoms in total. The SMILES string of the molecule is Cc1cc2ccccc2[cH-]1.[Ti+2]. The summed E-state index contributed by atoms with van der Waals surface area (Å²) in [5.41, 5.74) is 1.35. The molecule has 0 aromatic heterocycles. The molecule has 0 aliphatic carbocycles. The molecule has 1 heteroatoms. The Bertz CT molecular complexity index is 313. The molecule has 0 N–H and O–H groups in total. The van der Waals surface area contributed by atoms with E-state index in [0.29, 0.717) is 0 Å². The number of fused-ring (bicyclic) bond motifs is 1. The molecular weight excluding hydrogens is 168 g/mol. The van der Waals surface area contributed by atoms with Crippen LogP contribution in [0.15, 0.2) is 36.4 Å². The quantitative estimate of drug-likeness (QED) is 0.428. The van der Waals surface area contributed by atoms with Crippen LogP contribution in [0, 0.1) is 6.92 Å². The summed E-state index contributed by atoms with van der Waals surface area (Å²) in [5.74, 6) is 0. The van der Waals surface area contributed by atoms with Gasteiger partial charge in [-0.2, -0.15) is 6.07 Å². The van der Waals surface area contributed by atoms with Gasteiger partial charge in [-0.3, -0.25) is 0 Å². The van der Waals surface area contributed by atoms with Crippen molar-refractivity contribution in [3.05, 3.63) is 42.0 Å². The molecule has 0 saturated carbocycles. The summed E-state index contributed by atoms with van der Waals surface area (Å²) < 4.78 is 0. The third-order valence-corrected chi connectivity index (χ3v) is 1.76. The molecule has 2 aromatic carbocycles. The third-order valence-electron chi connectivity index (χ3n) is 1.76. The van der Waals surface area contributed by atoms with Gasteiger partial charge in [-0.25, -0.2) is 0 Å². The van der Waals surface area contributed by atoms with Gasteiger partial charge in [-0.05, 0) is 0 Å². The smallest absolute Gasteiger partial charge is 0.165 e. The van der Waals surface area contributed by atoms with Crippen molar-refractivity contribution in [3.8, 4) is 0 Å². The van der Waals surface area contributed by atoms with E-state index in [1.807, 2.05) is 0 Å². The van der Waals surface area contributed by atoms with Gasteiger partial charge in [0.2, 0.25) is 0 Å². The number of rotatable bonds is 0. The molecule has 0 spiro atoms. The maximum Gasteiger partial charge on any atom is 2.00 e. The Morgan fingerprint density at radius 2 is 1.91 bits per heavy atom. The van der Waals surface area contributed by atoms with Crippen LogP contribution in [0.1, 0.15) is 5.56 Å². The predicted molar refractivity (Wildman–Crippen MR) is 44.3 cm³/mol. The molecule has 0 amide bonds. The van der Waals surface area contributed by atoms with Gasteiger partial charge < -0.3 is 0 Å². The molecule has 0 aliphatic rings. The van der Waals surface area contributed by atoms with Crippen molar-refractivity contribution in [3.63, 3.8) is 0 Å². The first-order chi connectivity index (χ1) is 4.86. The van der Waals surface area contributed by atoms with Gasteiger partial charge in [0.15, 0.2) is 0 Å². The Balaban J connectivity index is 0.000000605. The maximum absolute atomic E-state index is 2.20. The van der Waals surface area contributed by atoms with Gasteiger partial charge in [0, 0.05) is 0 Å². The van der Waals surface area contributed by atoms with Crippen molar-refractivity contribution in [1.29, 1.82) is 0 Å². The molecule has 2 aromatic rings. The Labute approximate surface area is 81.5 Å². The zero-order chi connectivity index (χ0) is 6.97. The minimum absolute atomic E-state index is 0. The van der Waals surface area contributed by atoms with Gasteiger partial charge in [0.1, 0.15) is 0 Å². The van der Waals surface area contributed by atoms with Crippen LogP contribution in [0.3, 0.4) is 0 Å². The number of benzene rings is 1. The van der Waals surface area contributed by atoms with E-state index in [1.54, 1.807) is 0 Å². The van der Waals surface area contributed by atoms with Crippen molar-refractivity contribution in [2.75, 3.05) is 0 Å². The first-order valence-corrected chi connectivity index (χ1v) is 3.48. The fourth-order valence-corrected chi connectivity index (χ4v) is 1.31. The molecule has 0 aliphatic heterocycles. The summed E-state index contributed by atoms with van der Waals surface area (Å²) >= 11 is 0. The summed E-state index contributed by atoms with van der Waals surface area (Å²) in [4.78, 5) is 0. The van der Waals surface area contributed by atoms with E-state index < -0.39 is 0 Å². The summed E-state index contributed by atoms with van der Waals surface area (Å²) in [6, 6.07) is 12.8. The molecule has 0 radical (unpaired) electrons. The van der Waals surface area contributed by atoms with E-state index in [2.05, 4.69) is 43.3 Å². The van der Waals surface area contributed by atoms with Gasteiger partial charge in [0.25, 0.3) is 0 Å². The first kappa shape index (κ1) is 8.64. The number of hydrogen-bond donors (Lipinski definition) is 0. The molecular formula is C10H9Ti+. The molecule has 52 valence electrons. The fourth-order valence-electron chi connectivity index (χ4n) is 1.31. The van der Waals surface area contributed by atoms with Crippen LogP contribution in [0.25, 0.3) is 10.8 Å². The van der Waals surface area contributed by atoms with Crippen molar-refractivity contribution in [2.45, 2.75) is 6.92 Å². The minimum Gasteiger partial charge on any atom is -0.165 e. The molecule has 0 fully saturated rings. The Morgan fingerprint density at radius 1 is 1.18 bits per heavy atom. The van der Waals surface area contributed by atoms with Crippen LogP contribution < -0.4 is 0 Å². The van der Waals surface area contributed by atoms with Crippen LogP contribution in [-0.2, 0) is 21.7 Å². The Kier molecular flexibility index (Phi) is 2.59. The van der Waals surface area contributed by atoms with E-state index in [-0.39, 0.29) is 21.7 Å². The van der Waals surface area contributed by atoms with Crippen LogP contribution in [0.4, 0.5) is 0 Å². The normalized spacial score (nSPS) is 9.55. The van der Waals surface area contributed by atoms with E-state index in [1.165, 1.54) is 16.3 Å². The van der Waals surface area contributed by atoms with Crippen molar-refractivity contribution in [2.24, 2.45) is 0 Å². The second-order valence-electron chi connectivity index (χ2n) is 2.66. The van der Waals surface area contributed by atoms with E-state index >= 15 is 0 Å². The van der Waals surface area contributed by atoms with E-state index in [9.17, 15) is 0 Å². The van der Waals surface area contributed by atoms with Gasteiger partial charge in [-0.1, -0.05) is 13.0 Å². The van der Waals surface area contributed by atoms with Gasteiger partial charge in [-0.15, -0.1) is 40.6 Å². The molecule has 0 bridgehead atoms. The summed E-state index contributed by atoms with van der Waals surface area (Å²) in [7, 11) is 0. The first-order valence-electron chi connectivity index (χ1n) is 3.48. The summed E-state index contributed by atoms with van der Waals surface area (Å²) in [5, 5.41) is 2.69. The van der Waals surface area contributed by atoms with E-state index in [4.69, 9.17) is 0 Å². The topological polar surface area (TPSA) is 0 Å². The monoisotopic (exact) mass is 177 g/mol. The van der Waals surface area contributed by atoms with Crippen molar-refractivity contribution < 1.29 is 21.7 Å². The van der Waals surface area contributed by atoms with E-state index in [0.717, 1.165) is 0 Å². The van der Waals surface area contributed by atoms with Crippen LogP contribution >= 0.6 is 0 Å². The molecule has 11 heavy (non-hydrogen) atoms. The minimum atomic E-state index is 0. The predicted octanol–water partition coefficient (Wildman–Crippen LogP) is 2.86. The third kappa shape index (κ3) is 1.58. The van der Waals surface area contributed by atoms with Crippen LogP contribution in [0.2, 0.25) is 0 Å². The number of hydrogen-bond acceptors (Lipinski definition) is 0. The zero-order valence-electron chi connectivity index (χ0n) is 6.46. The Morgan fingerprint density at radius 3 is 2.64 bits per heavy atom. The maximum atomic E-state index is 2.20. The van der Waals surface area contributed by atoms with Crippen LogP contribution in [0.5, 0.6) is 0 Å². The average Bonchev–Trinajstić information content (AvgIpc) is 2.27. The molecule has 2 rings (SSSR count). The molecule has 0 heterocycles. The van der Waals surface area contributed by atoms with Crippen molar-refractivity contribution >= 4 is 10.8 Å². The fraction of sp³-hybridized carbons (Fsp3) is 0.100. The van der Waals surface area contributed by atoms with Crippen LogP contribution in [-0.4, -0.2) is 0 Å². The van der Waals surface area contributed by atoms with Gasteiger partial charge >= 0.3 is 21.7 Å². The average molecular weight is 177 g/mol. The van der Waals surface area contributed by atoms with Gasteiger partial charge in [0.05, 0.1) is 0 Å². The number of aryl methyl sites for hydroxylation is 1. The standard InChI is InChI=1S/C10H9.Ti/c1-8-6-9-4-2-3-5-10(9)7-8;/h2-7H,1H3;/q-1;+2. The molecule has 0 unspecified atom stereocenters. The largest absolute Gasteiger partial charge is 2.00 e.